The van der Waals surface area contributed by atoms with E-state index in [4.69, 9.17) is 0 Å². The van der Waals surface area contributed by atoms with Gasteiger partial charge in [0.2, 0.25) is 5.91 Å². The van der Waals surface area contributed by atoms with Crippen molar-refractivity contribution < 1.29 is 26.4 Å². The Kier molecular flexibility index (Phi) is 6.55. The number of hydrogen-bond acceptors (Lipinski definition) is 5. The van der Waals surface area contributed by atoms with Gasteiger partial charge >= 0.3 is 6.18 Å². The fourth-order valence-electron chi connectivity index (χ4n) is 3.34. The maximum Gasteiger partial charge on any atom is 0.416 e. The van der Waals surface area contributed by atoms with Crippen LogP contribution in [0.3, 0.4) is 0 Å². The summed E-state index contributed by atoms with van der Waals surface area (Å²) in [5.41, 5.74) is 0.340. The van der Waals surface area contributed by atoms with Crippen molar-refractivity contribution in [3.05, 3.63) is 54.1 Å². The number of halogens is 3. The largest absolute Gasteiger partial charge is 0.416 e. The summed E-state index contributed by atoms with van der Waals surface area (Å²) in [4.78, 5) is 16.7. The number of nitrogens with one attached hydrogen (secondary N) is 1. The first-order valence-corrected chi connectivity index (χ1v) is 10.5. The normalized spacial score (nSPS) is 15.9. The Morgan fingerprint density at radius 3 is 2.23 bits per heavy atom. The summed E-state index contributed by atoms with van der Waals surface area (Å²) in [6.07, 6.45) is -4.44. The first-order chi connectivity index (χ1) is 14.1. The second-order valence-electron chi connectivity index (χ2n) is 7.03. The number of thiol groups is 1. The molecule has 1 N–H and O–H groups in total. The van der Waals surface area contributed by atoms with Crippen molar-refractivity contribution in [1.82, 2.24) is 4.90 Å². The Morgan fingerprint density at radius 1 is 1.03 bits per heavy atom. The number of carbonyl (C=O) groups is 1. The maximum absolute atomic E-state index is 12.9. The van der Waals surface area contributed by atoms with E-state index in [0.29, 0.717) is 26.2 Å². The molecular formula is C20H22F3N3O3S. The zero-order valence-electron chi connectivity index (χ0n) is 16.2. The summed E-state index contributed by atoms with van der Waals surface area (Å²) in [5, 5.41) is 2.85. The van der Waals surface area contributed by atoms with E-state index in [1.165, 1.54) is 12.1 Å². The van der Waals surface area contributed by atoms with Gasteiger partial charge in [-0.05, 0) is 49.4 Å². The number of rotatable bonds is 5. The van der Waals surface area contributed by atoms with Crippen molar-refractivity contribution in [3.63, 3.8) is 0 Å². The van der Waals surface area contributed by atoms with Crippen LogP contribution in [0.1, 0.15) is 12.5 Å². The van der Waals surface area contributed by atoms with Crippen molar-refractivity contribution >= 4 is 28.0 Å². The van der Waals surface area contributed by atoms with Crippen LogP contribution in [0.4, 0.5) is 24.5 Å². The summed E-state index contributed by atoms with van der Waals surface area (Å²) in [5.74, 6) is -0.189. The zero-order valence-corrected chi connectivity index (χ0v) is 17.1. The monoisotopic (exact) mass is 441 g/mol. The quantitative estimate of drug-likeness (QED) is 0.699. The summed E-state index contributed by atoms with van der Waals surface area (Å²) < 4.78 is 60.5. The molecule has 1 aliphatic rings. The molecule has 1 unspecified atom stereocenters. The van der Waals surface area contributed by atoms with Gasteiger partial charge in [0.25, 0.3) is 0 Å². The number of benzene rings is 2. The molecule has 1 fully saturated rings. The minimum atomic E-state index is -4.44. The predicted molar refractivity (Wildman–Crippen MR) is 108 cm³/mol. The molecule has 1 amide bonds. The van der Waals surface area contributed by atoms with Gasteiger partial charge in [0, 0.05) is 37.6 Å². The van der Waals surface area contributed by atoms with E-state index in [0.717, 1.165) is 17.8 Å². The lowest BCUT2D eigenvalue weighted by molar-refractivity contribution is -0.137. The van der Waals surface area contributed by atoms with Crippen LogP contribution in [0.5, 0.6) is 0 Å². The van der Waals surface area contributed by atoms with Crippen molar-refractivity contribution in [1.29, 1.82) is 0 Å². The molecule has 0 aromatic heterocycles. The molecule has 3 rings (SSSR count). The van der Waals surface area contributed by atoms with Gasteiger partial charge in [-0.2, -0.15) is 13.2 Å². The molecule has 0 spiro atoms. The second-order valence-corrected chi connectivity index (χ2v) is 8.06. The van der Waals surface area contributed by atoms with E-state index < -0.39 is 28.5 Å². The van der Waals surface area contributed by atoms with E-state index in [2.05, 4.69) is 10.2 Å². The van der Waals surface area contributed by atoms with Gasteiger partial charge in [-0.25, -0.2) is 8.42 Å². The summed E-state index contributed by atoms with van der Waals surface area (Å²) in [6.45, 7) is 3.70. The molecule has 1 heterocycles. The maximum atomic E-state index is 12.9. The highest BCUT2D eigenvalue weighted by Crippen LogP contribution is 2.30. The molecule has 0 saturated carbocycles. The number of alkyl halides is 3. The van der Waals surface area contributed by atoms with Gasteiger partial charge in [0.15, 0.2) is 10.7 Å². The molecular weight excluding hydrogens is 419 g/mol. The van der Waals surface area contributed by atoms with Crippen LogP contribution in [0.2, 0.25) is 0 Å². The van der Waals surface area contributed by atoms with Gasteiger partial charge < -0.3 is 15.1 Å². The zero-order chi connectivity index (χ0) is 21.9. The number of piperazine rings is 1. The molecule has 0 bridgehead atoms. The Bertz CT molecular complexity index is 961. The number of anilines is 2. The average Bonchev–Trinajstić information content (AvgIpc) is 2.73. The molecule has 2 aromatic rings. The molecule has 6 nitrogen and oxygen atoms in total. The molecule has 1 saturated heterocycles. The first kappa shape index (κ1) is 21.9. The molecule has 1 atom stereocenters. The van der Waals surface area contributed by atoms with Crippen molar-refractivity contribution in [2.24, 2.45) is 0 Å². The third kappa shape index (κ3) is 5.24. The van der Waals surface area contributed by atoms with Crippen LogP contribution in [-0.4, -0.2) is 51.4 Å². The molecule has 2 aromatic carbocycles. The number of nitrogens with zero attached hydrogens (tertiary/aromatic N) is 2. The highest BCUT2D eigenvalue weighted by molar-refractivity contribution is 7.72. The number of carbonyl (C=O) groups excluding carboxylic acids is 1. The standard InChI is InChI=1S/C20H22F3N3O3S/c1-14(24-16-4-2-3-15(13-16)20(21,22)23)19(27)26-11-9-25(10-12-26)17-5-7-18(8-6-17)30(28)29/h2-8,13-14,24,30H,9-12H2,1H3. The summed E-state index contributed by atoms with van der Waals surface area (Å²) >= 11 is 0. The van der Waals surface area contributed by atoms with Crippen LogP contribution >= 0.6 is 0 Å². The molecule has 0 radical (unpaired) electrons. The minimum Gasteiger partial charge on any atom is -0.374 e. The summed E-state index contributed by atoms with van der Waals surface area (Å²) in [7, 11) is -2.62. The van der Waals surface area contributed by atoms with Crippen molar-refractivity contribution in [3.8, 4) is 0 Å². The SMILES string of the molecule is CC(Nc1cccc(C(F)(F)F)c1)C(=O)N1CCN(c2ccc([SH](=O)=O)cc2)CC1. The Hall–Kier alpha value is -2.75. The van der Waals surface area contributed by atoms with Gasteiger partial charge in [-0.1, -0.05) is 6.07 Å². The third-order valence-corrected chi connectivity index (χ3v) is 5.68. The van der Waals surface area contributed by atoms with E-state index in [1.54, 1.807) is 36.1 Å². The third-order valence-electron chi connectivity index (χ3n) is 4.96. The molecule has 0 aliphatic carbocycles. The van der Waals surface area contributed by atoms with Crippen molar-refractivity contribution in [2.75, 3.05) is 36.4 Å². The highest BCUT2D eigenvalue weighted by atomic mass is 32.2. The molecule has 1 aliphatic heterocycles. The molecule has 162 valence electrons. The topological polar surface area (TPSA) is 69.7 Å². The summed E-state index contributed by atoms with van der Waals surface area (Å²) in [6, 6.07) is 10.6. The predicted octanol–water partition coefficient (Wildman–Crippen LogP) is 2.82. The lowest BCUT2D eigenvalue weighted by Crippen LogP contribution is -2.52. The average molecular weight is 441 g/mol. The number of amides is 1. The van der Waals surface area contributed by atoms with E-state index >= 15 is 0 Å². The second kappa shape index (κ2) is 8.95. The lowest BCUT2D eigenvalue weighted by atomic mass is 10.1. The van der Waals surface area contributed by atoms with E-state index in [1.807, 2.05) is 0 Å². The molecule has 10 heteroatoms. The van der Waals surface area contributed by atoms with Gasteiger partial charge in [-0.3, -0.25) is 4.79 Å². The fraction of sp³-hybridized carbons (Fsp3) is 0.350. The Morgan fingerprint density at radius 2 is 1.67 bits per heavy atom. The van der Waals surface area contributed by atoms with Crippen LogP contribution < -0.4 is 10.2 Å². The number of hydrogen-bond donors (Lipinski definition) is 2. The van der Waals surface area contributed by atoms with Gasteiger partial charge in [0.05, 0.1) is 10.5 Å². The van der Waals surface area contributed by atoms with Crippen LogP contribution in [0.25, 0.3) is 0 Å². The van der Waals surface area contributed by atoms with E-state index in [-0.39, 0.29) is 16.5 Å². The lowest BCUT2D eigenvalue weighted by Gasteiger charge is -2.37. The first-order valence-electron chi connectivity index (χ1n) is 9.37. The van der Waals surface area contributed by atoms with Crippen LogP contribution in [0, 0.1) is 0 Å². The van der Waals surface area contributed by atoms with Crippen LogP contribution in [-0.2, 0) is 21.7 Å². The Balaban J connectivity index is 1.57. The van der Waals surface area contributed by atoms with Crippen molar-refractivity contribution in [2.45, 2.75) is 24.0 Å². The Labute approximate surface area is 174 Å². The van der Waals surface area contributed by atoms with E-state index in [9.17, 15) is 26.4 Å². The van der Waals surface area contributed by atoms with Gasteiger partial charge in [-0.15, -0.1) is 0 Å². The fourth-order valence-corrected chi connectivity index (χ4v) is 3.73. The minimum absolute atomic E-state index is 0.189. The van der Waals surface area contributed by atoms with Gasteiger partial charge in [0.1, 0.15) is 6.04 Å². The van der Waals surface area contributed by atoms with Crippen LogP contribution in [0.15, 0.2) is 53.4 Å². The smallest absolute Gasteiger partial charge is 0.374 e. The molecule has 30 heavy (non-hydrogen) atoms. The highest BCUT2D eigenvalue weighted by Gasteiger charge is 2.31.